The molecule has 1 fully saturated rings. The highest BCUT2D eigenvalue weighted by Gasteiger charge is 2.29. The molecule has 2 rings (SSSR count). The van der Waals surface area contributed by atoms with E-state index in [0.29, 0.717) is 13.2 Å². The van der Waals surface area contributed by atoms with E-state index in [9.17, 15) is 4.79 Å². The fourth-order valence-corrected chi connectivity index (χ4v) is 2.04. The van der Waals surface area contributed by atoms with Crippen LogP contribution in [0.3, 0.4) is 0 Å². The van der Waals surface area contributed by atoms with Crippen molar-refractivity contribution in [3.05, 3.63) is 29.8 Å². The van der Waals surface area contributed by atoms with E-state index in [-0.39, 0.29) is 17.2 Å². The van der Waals surface area contributed by atoms with Gasteiger partial charge in [-0.3, -0.25) is 4.79 Å². The number of rotatable bonds is 5. The number of para-hydroxylation sites is 1. The third kappa shape index (κ3) is 3.98. The van der Waals surface area contributed by atoms with Crippen molar-refractivity contribution in [2.24, 2.45) is 5.92 Å². The van der Waals surface area contributed by atoms with Crippen molar-refractivity contribution in [3.63, 3.8) is 0 Å². The number of ether oxygens (including phenoxy) is 1. The Kier molecular flexibility index (Phi) is 4.13. The second-order valence-corrected chi connectivity index (χ2v) is 6.16. The van der Waals surface area contributed by atoms with Crippen molar-refractivity contribution in [1.29, 1.82) is 0 Å². The van der Waals surface area contributed by atoms with Gasteiger partial charge in [-0.05, 0) is 29.9 Å². The molecule has 0 bridgehead atoms. The van der Waals surface area contributed by atoms with Gasteiger partial charge in [0, 0.05) is 5.92 Å². The maximum Gasteiger partial charge on any atom is 0.223 e. The Hall–Kier alpha value is -1.51. The summed E-state index contributed by atoms with van der Waals surface area (Å²) in [5, 5.41) is 2.91. The molecule has 1 saturated carbocycles. The zero-order valence-electron chi connectivity index (χ0n) is 12.0. The summed E-state index contributed by atoms with van der Waals surface area (Å²) in [4.78, 5) is 11.5. The minimum atomic E-state index is 0.0633. The Labute approximate surface area is 115 Å². The molecular weight excluding hydrogens is 238 g/mol. The van der Waals surface area contributed by atoms with E-state index in [2.05, 4.69) is 32.2 Å². The van der Waals surface area contributed by atoms with Gasteiger partial charge in [-0.15, -0.1) is 0 Å². The van der Waals surface area contributed by atoms with Gasteiger partial charge in [0.2, 0.25) is 5.91 Å². The first-order valence-corrected chi connectivity index (χ1v) is 6.98. The van der Waals surface area contributed by atoms with Gasteiger partial charge in [0.15, 0.2) is 0 Å². The molecule has 1 amide bonds. The highest BCUT2D eigenvalue weighted by molar-refractivity contribution is 5.80. The average Bonchev–Trinajstić information content (AvgIpc) is 3.18. The Morgan fingerprint density at radius 1 is 1.32 bits per heavy atom. The molecule has 104 valence electrons. The molecule has 3 nitrogen and oxygen atoms in total. The quantitative estimate of drug-likeness (QED) is 0.828. The maximum atomic E-state index is 11.5. The Morgan fingerprint density at radius 3 is 2.63 bits per heavy atom. The fraction of sp³-hybridized carbons (Fsp3) is 0.562. The third-order valence-corrected chi connectivity index (χ3v) is 3.30. The molecule has 0 atom stereocenters. The normalized spacial score (nSPS) is 15.1. The van der Waals surface area contributed by atoms with Crippen LogP contribution in [0.1, 0.15) is 39.2 Å². The van der Waals surface area contributed by atoms with Gasteiger partial charge in [0.25, 0.3) is 0 Å². The summed E-state index contributed by atoms with van der Waals surface area (Å²) in [5.41, 5.74) is 1.26. The topological polar surface area (TPSA) is 38.3 Å². The summed E-state index contributed by atoms with van der Waals surface area (Å²) in [7, 11) is 0. The summed E-state index contributed by atoms with van der Waals surface area (Å²) < 4.78 is 5.80. The van der Waals surface area contributed by atoms with Gasteiger partial charge in [0.05, 0.1) is 6.54 Å². The molecule has 0 saturated heterocycles. The zero-order chi connectivity index (χ0) is 13.9. The summed E-state index contributed by atoms with van der Waals surface area (Å²) in [6.45, 7) is 7.61. The van der Waals surface area contributed by atoms with E-state index in [1.54, 1.807) is 0 Å². The minimum absolute atomic E-state index is 0.0633. The van der Waals surface area contributed by atoms with E-state index in [4.69, 9.17) is 4.74 Å². The highest BCUT2D eigenvalue weighted by atomic mass is 16.5. The van der Waals surface area contributed by atoms with E-state index < -0.39 is 0 Å². The van der Waals surface area contributed by atoms with Gasteiger partial charge in [-0.2, -0.15) is 0 Å². The summed E-state index contributed by atoms with van der Waals surface area (Å²) in [6.07, 6.45) is 2.08. The molecule has 1 aliphatic rings. The lowest BCUT2D eigenvalue weighted by atomic mass is 9.86. The molecule has 1 N–H and O–H groups in total. The van der Waals surface area contributed by atoms with Crippen molar-refractivity contribution in [1.82, 2.24) is 5.32 Å². The van der Waals surface area contributed by atoms with Gasteiger partial charge >= 0.3 is 0 Å². The van der Waals surface area contributed by atoms with Crippen molar-refractivity contribution < 1.29 is 9.53 Å². The largest absolute Gasteiger partial charge is 0.491 e. The lowest BCUT2D eigenvalue weighted by Crippen LogP contribution is -2.29. The molecule has 1 aromatic carbocycles. The number of benzene rings is 1. The van der Waals surface area contributed by atoms with Crippen LogP contribution in [0.25, 0.3) is 0 Å². The molecule has 1 aliphatic carbocycles. The van der Waals surface area contributed by atoms with Crippen LogP contribution in [0.4, 0.5) is 0 Å². The molecule has 0 unspecified atom stereocenters. The molecule has 0 aliphatic heterocycles. The number of nitrogens with one attached hydrogen (secondary N) is 1. The lowest BCUT2D eigenvalue weighted by Gasteiger charge is -2.22. The number of hydrogen-bond acceptors (Lipinski definition) is 2. The molecule has 19 heavy (non-hydrogen) atoms. The van der Waals surface area contributed by atoms with Crippen LogP contribution in [0.15, 0.2) is 24.3 Å². The van der Waals surface area contributed by atoms with Crippen LogP contribution in [-0.4, -0.2) is 19.1 Å². The fourth-order valence-electron chi connectivity index (χ4n) is 2.04. The smallest absolute Gasteiger partial charge is 0.223 e. The van der Waals surface area contributed by atoms with Crippen LogP contribution in [0.5, 0.6) is 5.75 Å². The van der Waals surface area contributed by atoms with Crippen LogP contribution in [0.2, 0.25) is 0 Å². The van der Waals surface area contributed by atoms with E-state index >= 15 is 0 Å². The van der Waals surface area contributed by atoms with Gasteiger partial charge in [0.1, 0.15) is 12.4 Å². The molecule has 1 aromatic rings. The molecule has 0 aromatic heterocycles. The van der Waals surface area contributed by atoms with Gasteiger partial charge < -0.3 is 10.1 Å². The lowest BCUT2D eigenvalue weighted by molar-refractivity contribution is -0.122. The van der Waals surface area contributed by atoms with Crippen molar-refractivity contribution in [2.45, 2.75) is 39.0 Å². The number of carbonyl (C=O) groups is 1. The van der Waals surface area contributed by atoms with Crippen LogP contribution >= 0.6 is 0 Å². The molecule has 0 radical (unpaired) electrons. The third-order valence-electron chi connectivity index (χ3n) is 3.30. The van der Waals surface area contributed by atoms with Crippen LogP contribution < -0.4 is 10.1 Å². The minimum Gasteiger partial charge on any atom is -0.491 e. The van der Waals surface area contributed by atoms with Gasteiger partial charge in [-0.25, -0.2) is 0 Å². The zero-order valence-corrected chi connectivity index (χ0v) is 12.0. The first-order chi connectivity index (χ1) is 8.98. The Bertz CT molecular complexity index is 444. The van der Waals surface area contributed by atoms with Crippen molar-refractivity contribution in [3.8, 4) is 5.75 Å². The molecule has 3 heteroatoms. The first kappa shape index (κ1) is 13.9. The highest BCUT2D eigenvalue weighted by Crippen LogP contribution is 2.31. The number of carbonyl (C=O) groups excluding carboxylic acids is 1. The van der Waals surface area contributed by atoms with Gasteiger partial charge in [-0.1, -0.05) is 39.0 Å². The summed E-state index contributed by atoms with van der Waals surface area (Å²) >= 11 is 0. The Balaban J connectivity index is 1.83. The monoisotopic (exact) mass is 261 g/mol. The van der Waals surface area contributed by atoms with Crippen molar-refractivity contribution >= 4 is 5.91 Å². The summed E-state index contributed by atoms with van der Waals surface area (Å²) in [6, 6.07) is 8.09. The molecule has 0 heterocycles. The maximum absolute atomic E-state index is 11.5. The van der Waals surface area contributed by atoms with E-state index in [0.717, 1.165) is 18.6 Å². The first-order valence-electron chi connectivity index (χ1n) is 6.98. The standard InChI is InChI=1S/C16H23NO2/c1-16(2,3)13-6-4-5-7-14(13)19-11-10-17-15(18)12-8-9-12/h4-7,12H,8-11H2,1-3H3,(H,17,18). The second-order valence-electron chi connectivity index (χ2n) is 6.16. The average molecular weight is 261 g/mol. The van der Waals surface area contributed by atoms with E-state index in [1.807, 2.05) is 18.2 Å². The summed E-state index contributed by atoms with van der Waals surface area (Å²) in [5.74, 6) is 1.35. The van der Waals surface area contributed by atoms with Crippen molar-refractivity contribution in [2.75, 3.05) is 13.2 Å². The van der Waals surface area contributed by atoms with Crippen LogP contribution in [-0.2, 0) is 10.2 Å². The predicted octanol–water partition coefficient (Wildman–Crippen LogP) is 2.89. The Morgan fingerprint density at radius 2 is 2.00 bits per heavy atom. The second kappa shape index (κ2) is 5.64. The van der Waals surface area contributed by atoms with E-state index in [1.165, 1.54) is 5.56 Å². The molecule has 0 spiro atoms. The SMILES string of the molecule is CC(C)(C)c1ccccc1OCCNC(=O)C1CC1. The molecular formula is C16H23NO2. The number of amides is 1. The predicted molar refractivity (Wildman–Crippen MR) is 76.4 cm³/mol. The number of hydrogen-bond donors (Lipinski definition) is 1. The van der Waals surface area contributed by atoms with Crippen LogP contribution in [0, 0.1) is 5.92 Å².